The fourth-order valence-electron chi connectivity index (χ4n) is 1.80. The first kappa shape index (κ1) is 12.1. The summed E-state index contributed by atoms with van der Waals surface area (Å²) in [4.78, 5) is 0. The zero-order valence-corrected chi connectivity index (χ0v) is 10.4. The minimum atomic E-state index is -3.02. The van der Waals surface area contributed by atoms with Crippen molar-refractivity contribution in [2.75, 3.05) is 5.75 Å². The molecule has 1 atom stereocenters. The van der Waals surface area contributed by atoms with Crippen molar-refractivity contribution in [2.24, 2.45) is 0 Å². The van der Waals surface area contributed by atoms with Crippen LogP contribution in [0.1, 0.15) is 11.1 Å². The highest BCUT2D eigenvalue weighted by atomic mass is 32.2. The van der Waals surface area contributed by atoms with Crippen LogP contribution in [-0.2, 0) is 16.4 Å². The van der Waals surface area contributed by atoms with Crippen molar-refractivity contribution in [3.63, 3.8) is 0 Å². The predicted octanol–water partition coefficient (Wildman–Crippen LogP) is 1.10. The molecular weight excluding hydrogens is 238 g/mol. The van der Waals surface area contributed by atoms with Crippen molar-refractivity contribution < 1.29 is 13.5 Å². The Balaban J connectivity index is 1.99. The largest absolute Gasteiger partial charge is 0.508 e. The Hall–Kier alpha value is -1.33. The topological polar surface area (TPSA) is 66.4 Å². The molecule has 1 aromatic rings. The van der Waals surface area contributed by atoms with Crippen LogP contribution in [0.2, 0.25) is 0 Å². The molecule has 0 saturated carbocycles. The van der Waals surface area contributed by atoms with E-state index in [1.165, 1.54) is 5.41 Å². The second-order valence-electron chi connectivity index (χ2n) is 4.28. The van der Waals surface area contributed by atoms with E-state index in [9.17, 15) is 13.5 Å². The lowest BCUT2D eigenvalue weighted by atomic mass is 10.1. The SMILES string of the molecule is Cc1ccc(O)c(CNC2C=CS(=O)(=O)C2)c1. The highest BCUT2D eigenvalue weighted by molar-refractivity contribution is 7.94. The van der Waals surface area contributed by atoms with Crippen LogP contribution in [-0.4, -0.2) is 25.3 Å². The summed E-state index contributed by atoms with van der Waals surface area (Å²) in [6.45, 7) is 2.40. The van der Waals surface area contributed by atoms with Gasteiger partial charge in [0.2, 0.25) is 0 Å². The van der Waals surface area contributed by atoms with Crippen molar-refractivity contribution in [1.82, 2.24) is 5.32 Å². The second kappa shape index (κ2) is 4.50. The number of phenolic OH excluding ortho intramolecular Hbond substituents is 1. The van der Waals surface area contributed by atoms with Gasteiger partial charge >= 0.3 is 0 Å². The van der Waals surface area contributed by atoms with Crippen molar-refractivity contribution in [1.29, 1.82) is 0 Å². The van der Waals surface area contributed by atoms with E-state index < -0.39 is 9.84 Å². The number of hydrogen-bond acceptors (Lipinski definition) is 4. The van der Waals surface area contributed by atoms with Crippen molar-refractivity contribution in [3.8, 4) is 5.75 Å². The Bertz CT molecular complexity index is 549. The van der Waals surface area contributed by atoms with Gasteiger partial charge in [-0.3, -0.25) is 0 Å². The van der Waals surface area contributed by atoms with E-state index in [-0.39, 0.29) is 17.5 Å². The molecule has 0 fully saturated rings. The van der Waals surface area contributed by atoms with Gasteiger partial charge in [-0.1, -0.05) is 23.8 Å². The molecule has 1 aromatic carbocycles. The quantitative estimate of drug-likeness (QED) is 0.846. The molecule has 0 saturated heterocycles. The number of nitrogens with one attached hydrogen (secondary N) is 1. The smallest absolute Gasteiger partial charge is 0.173 e. The van der Waals surface area contributed by atoms with E-state index in [0.29, 0.717) is 6.54 Å². The molecule has 0 spiro atoms. The van der Waals surface area contributed by atoms with Gasteiger partial charge in [0.15, 0.2) is 9.84 Å². The average molecular weight is 253 g/mol. The molecule has 5 heteroatoms. The molecule has 4 nitrogen and oxygen atoms in total. The molecule has 0 aromatic heterocycles. The van der Waals surface area contributed by atoms with Crippen LogP contribution in [0.25, 0.3) is 0 Å². The zero-order chi connectivity index (χ0) is 12.5. The standard InChI is InChI=1S/C12H15NO3S/c1-9-2-3-12(14)10(6-9)7-13-11-4-5-17(15,16)8-11/h2-6,11,13-14H,7-8H2,1H3. The highest BCUT2D eigenvalue weighted by Crippen LogP contribution is 2.18. The minimum Gasteiger partial charge on any atom is -0.508 e. The fraction of sp³-hybridized carbons (Fsp3) is 0.333. The summed E-state index contributed by atoms with van der Waals surface area (Å²) in [5, 5.41) is 14.0. The Morgan fingerprint density at radius 1 is 1.47 bits per heavy atom. The lowest BCUT2D eigenvalue weighted by molar-refractivity contribution is 0.463. The Kier molecular flexibility index (Phi) is 3.22. The molecule has 1 aliphatic heterocycles. The van der Waals surface area contributed by atoms with Crippen molar-refractivity contribution >= 4 is 9.84 Å². The van der Waals surface area contributed by atoms with Gasteiger partial charge in [-0.2, -0.15) is 0 Å². The third-order valence-electron chi connectivity index (χ3n) is 2.72. The first-order valence-corrected chi connectivity index (χ1v) is 7.11. The zero-order valence-electron chi connectivity index (χ0n) is 9.55. The van der Waals surface area contributed by atoms with Crippen LogP contribution in [0, 0.1) is 6.92 Å². The molecule has 1 unspecified atom stereocenters. The van der Waals surface area contributed by atoms with E-state index in [0.717, 1.165) is 11.1 Å². The summed E-state index contributed by atoms with van der Waals surface area (Å²) in [5.74, 6) is 0.326. The van der Waals surface area contributed by atoms with E-state index in [1.807, 2.05) is 19.1 Å². The molecule has 17 heavy (non-hydrogen) atoms. The van der Waals surface area contributed by atoms with Crippen molar-refractivity contribution in [2.45, 2.75) is 19.5 Å². The molecule has 0 bridgehead atoms. The molecular formula is C12H15NO3S. The Labute approximate surface area is 101 Å². The molecule has 0 amide bonds. The number of aromatic hydroxyl groups is 1. The molecule has 0 radical (unpaired) electrons. The number of aryl methyl sites for hydroxylation is 1. The van der Waals surface area contributed by atoms with E-state index >= 15 is 0 Å². The average Bonchev–Trinajstić information content (AvgIpc) is 2.60. The lowest BCUT2D eigenvalue weighted by Crippen LogP contribution is -2.29. The Morgan fingerprint density at radius 2 is 2.24 bits per heavy atom. The number of phenols is 1. The maximum absolute atomic E-state index is 11.2. The first-order chi connectivity index (χ1) is 7.96. The van der Waals surface area contributed by atoms with Gasteiger partial charge in [-0.15, -0.1) is 0 Å². The van der Waals surface area contributed by atoms with Gasteiger partial charge in [-0.25, -0.2) is 8.42 Å². The Morgan fingerprint density at radius 3 is 2.88 bits per heavy atom. The fourth-order valence-corrected chi connectivity index (χ4v) is 3.07. The van der Waals surface area contributed by atoms with Crippen LogP contribution in [0.3, 0.4) is 0 Å². The third kappa shape index (κ3) is 3.08. The van der Waals surface area contributed by atoms with E-state index in [4.69, 9.17) is 0 Å². The number of sulfone groups is 1. The summed E-state index contributed by atoms with van der Waals surface area (Å²) in [5.41, 5.74) is 1.84. The maximum atomic E-state index is 11.2. The normalized spacial score (nSPS) is 21.8. The summed E-state index contributed by atoms with van der Waals surface area (Å²) in [6.07, 6.45) is 1.64. The molecule has 1 aliphatic rings. The van der Waals surface area contributed by atoms with Crippen LogP contribution in [0.15, 0.2) is 29.7 Å². The van der Waals surface area contributed by atoms with Gasteiger partial charge < -0.3 is 10.4 Å². The summed E-state index contributed by atoms with van der Waals surface area (Å²) in [7, 11) is -3.02. The predicted molar refractivity (Wildman–Crippen MR) is 66.4 cm³/mol. The number of benzene rings is 1. The second-order valence-corrected chi connectivity index (χ2v) is 6.21. The van der Waals surface area contributed by atoms with Crippen LogP contribution < -0.4 is 5.32 Å². The van der Waals surface area contributed by atoms with Crippen LogP contribution in [0.5, 0.6) is 5.75 Å². The van der Waals surface area contributed by atoms with Gasteiger partial charge in [0, 0.05) is 23.6 Å². The first-order valence-electron chi connectivity index (χ1n) is 5.39. The van der Waals surface area contributed by atoms with Gasteiger partial charge in [0.1, 0.15) is 5.75 Å². The molecule has 2 rings (SSSR count). The molecule has 0 aliphatic carbocycles. The van der Waals surface area contributed by atoms with Crippen LogP contribution in [0.4, 0.5) is 0 Å². The summed E-state index contributed by atoms with van der Waals surface area (Å²) >= 11 is 0. The number of rotatable bonds is 3. The lowest BCUT2D eigenvalue weighted by Gasteiger charge is -2.11. The number of hydrogen-bond donors (Lipinski definition) is 2. The maximum Gasteiger partial charge on any atom is 0.173 e. The van der Waals surface area contributed by atoms with Crippen molar-refractivity contribution in [3.05, 3.63) is 40.8 Å². The van der Waals surface area contributed by atoms with Gasteiger partial charge in [0.05, 0.1) is 5.75 Å². The minimum absolute atomic E-state index is 0.0968. The van der Waals surface area contributed by atoms with E-state index in [1.54, 1.807) is 12.1 Å². The van der Waals surface area contributed by atoms with E-state index in [2.05, 4.69) is 5.32 Å². The third-order valence-corrected chi connectivity index (χ3v) is 4.12. The van der Waals surface area contributed by atoms with Gasteiger partial charge in [-0.05, 0) is 13.0 Å². The molecule has 2 N–H and O–H groups in total. The summed E-state index contributed by atoms with van der Waals surface area (Å²) in [6, 6.07) is 5.20. The van der Waals surface area contributed by atoms with Crippen LogP contribution >= 0.6 is 0 Å². The molecule has 1 heterocycles. The highest BCUT2D eigenvalue weighted by Gasteiger charge is 2.21. The summed E-state index contributed by atoms with van der Waals surface area (Å²) < 4.78 is 22.4. The van der Waals surface area contributed by atoms with Gasteiger partial charge in [0.25, 0.3) is 0 Å². The molecule has 92 valence electrons. The monoisotopic (exact) mass is 253 g/mol.